The molecule has 1 heterocycles. The fourth-order valence-corrected chi connectivity index (χ4v) is 2.11. The van der Waals surface area contributed by atoms with Crippen molar-refractivity contribution in [2.24, 2.45) is 5.11 Å². The van der Waals surface area contributed by atoms with Crippen molar-refractivity contribution >= 4 is 0 Å². The third-order valence-corrected chi connectivity index (χ3v) is 3.12. The van der Waals surface area contributed by atoms with Crippen LogP contribution >= 0.6 is 0 Å². The molecule has 1 aliphatic rings. The second kappa shape index (κ2) is 7.12. The number of nitrogens with zero attached hydrogens (tertiary/aromatic N) is 3. The molecule has 4 atom stereocenters. The van der Waals surface area contributed by atoms with Crippen molar-refractivity contribution in [1.82, 2.24) is 0 Å². The van der Waals surface area contributed by atoms with Gasteiger partial charge >= 0.3 is 0 Å². The largest absolute Gasteiger partial charge is 0.493 e. The summed E-state index contributed by atoms with van der Waals surface area (Å²) in [6.07, 6.45) is -1.49. The van der Waals surface area contributed by atoms with Crippen molar-refractivity contribution in [1.29, 1.82) is 0 Å². The lowest BCUT2D eigenvalue weighted by molar-refractivity contribution is -0.151. The van der Waals surface area contributed by atoms with Crippen LogP contribution in [0.2, 0.25) is 0 Å². The van der Waals surface area contributed by atoms with Gasteiger partial charge in [0.05, 0.1) is 18.8 Å². The normalized spacial score (nSPS) is 26.8. The Bertz CT molecular complexity index is 464. The van der Waals surface area contributed by atoms with Crippen LogP contribution in [0.3, 0.4) is 0 Å². The highest BCUT2D eigenvalue weighted by Crippen LogP contribution is 2.25. The zero-order chi connectivity index (χ0) is 14.4. The van der Waals surface area contributed by atoms with Gasteiger partial charge in [-0.05, 0) is 17.7 Å². The minimum Gasteiger partial charge on any atom is -0.493 e. The molecule has 2 rings (SSSR count). The van der Waals surface area contributed by atoms with E-state index in [1.807, 2.05) is 30.3 Å². The van der Waals surface area contributed by atoms with E-state index in [1.165, 1.54) is 7.11 Å². The minimum absolute atomic E-state index is 0.182. The van der Waals surface area contributed by atoms with Gasteiger partial charge in [-0.25, -0.2) is 0 Å². The second-order valence-corrected chi connectivity index (χ2v) is 4.48. The summed E-state index contributed by atoms with van der Waals surface area (Å²) < 4.78 is 16.1. The van der Waals surface area contributed by atoms with Crippen molar-refractivity contribution in [3.63, 3.8) is 0 Å². The predicted octanol–water partition coefficient (Wildman–Crippen LogP) is 1.87. The minimum atomic E-state index is -0.724. The number of aliphatic hydroxyl groups excluding tert-OH is 1. The molecule has 1 N–H and O–H groups in total. The van der Waals surface area contributed by atoms with E-state index in [2.05, 4.69) is 10.0 Å². The maximum absolute atomic E-state index is 9.74. The highest BCUT2D eigenvalue weighted by Gasteiger charge is 2.38. The average molecular weight is 279 g/mol. The lowest BCUT2D eigenvalue weighted by Crippen LogP contribution is -2.30. The SMILES string of the molecule is COC1O[C@H]([C@H](COc2ccccc2)N=[N+]=[N-])C[C@H]1O. The van der Waals surface area contributed by atoms with E-state index < -0.39 is 24.5 Å². The van der Waals surface area contributed by atoms with Gasteiger partial charge in [0.1, 0.15) is 11.9 Å². The van der Waals surface area contributed by atoms with Crippen LogP contribution in [0.1, 0.15) is 6.42 Å². The Morgan fingerprint density at radius 3 is 2.85 bits per heavy atom. The van der Waals surface area contributed by atoms with Gasteiger partial charge in [0.2, 0.25) is 0 Å². The molecule has 1 unspecified atom stereocenters. The highest BCUT2D eigenvalue weighted by molar-refractivity contribution is 5.21. The lowest BCUT2D eigenvalue weighted by atomic mass is 10.1. The summed E-state index contributed by atoms with van der Waals surface area (Å²) >= 11 is 0. The van der Waals surface area contributed by atoms with E-state index in [4.69, 9.17) is 19.7 Å². The van der Waals surface area contributed by atoms with E-state index in [-0.39, 0.29) is 6.61 Å². The van der Waals surface area contributed by atoms with Gasteiger partial charge in [-0.2, -0.15) is 0 Å². The number of para-hydroxylation sites is 1. The predicted molar refractivity (Wildman–Crippen MR) is 71.2 cm³/mol. The van der Waals surface area contributed by atoms with E-state index in [0.717, 1.165) is 0 Å². The summed E-state index contributed by atoms with van der Waals surface area (Å²) in [6.45, 7) is 0.182. The quantitative estimate of drug-likeness (QED) is 0.488. The number of ether oxygens (including phenoxy) is 3. The summed E-state index contributed by atoms with van der Waals surface area (Å²) in [7, 11) is 1.46. The molecular weight excluding hydrogens is 262 g/mol. The van der Waals surface area contributed by atoms with Gasteiger partial charge in [0, 0.05) is 18.4 Å². The van der Waals surface area contributed by atoms with Crippen LogP contribution in [-0.2, 0) is 9.47 Å². The molecule has 20 heavy (non-hydrogen) atoms. The standard InChI is InChI=1S/C13H17N3O4/c1-18-13-11(17)7-12(20-13)10(15-16-14)8-19-9-5-3-2-4-6-9/h2-6,10-13,17H,7-8H2,1H3/t10-,11+,12-,13?/m0/s1. The Hall–Kier alpha value is -1.79. The number of benzene rings is 1. The molecule has 1 aliphatic heterocycles. The van der Waals surface area contributed by atoms with E-state index in [1.54, 1.807) is 0 Å². The zero-order valence-corrected chi connectivity index (χ0v) is 11.1. The molecule has 1 fully saturated rings. The van der Waals surface area contributed by atoms with E-state index in [9.17, 15) is 5.11 Å². The summed E-state index contributed by atoms with van der Waals surface area (Å²) in [6, 6.07) is 8.71. The maximum Gasteiger partial charge on any atom is 0.183 e. The molecule has 0 amide bonds. The van der Waals surface area contributed by atoms with Crippen molar-refractivity contribution in [3.05, 3.63) is 40.8 Å². The lowest BCUT2D eigenvalue weighted by Gasteiger charge is -2.19. The van der Waals surface area contributed by atoms with Crippen LogP contribution < -0.4 is 4.74 Å². The van der Waals surface area contributed by atoms with Crippen molar-refractivity contribution in [3.8, 4) is 5.75 Å². The summed E-state index contributed by atoms with van der Waals surface area (Å²) in [4.78, 5) is 2.81. The van der Waals surface area contributed by atoms with Crippen molar-refractivity contribution in [2.75, 3.05) is 13.7 Å². The Morgan fingerprint density at radius 2 is 2.25 bits per heavy atom. The summed E-state index contributed by atoms with van der Waals surface area (Å²) in [5.41, 5.74) is 8.64. The number of methoxy groups -OCH3 is 1. The Balaban J connectivity index is 1.96. The summed E-state index contributed by atoms with van der Waals surface area (Å²) in [5.74, 6) is 0.687. The molecular formula is C13H17N3O4. The molecule has 0 spiro atoms. The number of aliphatic hydroxyl groups is 1. The van der Waals surface area contributed by atoms with Gasteiger partial charge < -0.3 is 19.3 Å². The fraction of sp³-hybridized carbons (Fsp3) is 0.538. The Morgan fingerprint density at radius 1 is 1.50 bits per heavy atom. The molecule has 7 heteroatoms. The molecule has 1 aromatic rings. The molecule has 0 aromatic heterocycles. The molecule has 0 aliphatic carbocycles. The van der Waals surface area contributed by atoms with Gasteiger partial charge in [0.15, 0.2) is 6.29 Å². The van der Waals surface area contributed by atoms with Crippen LogP contribution in [0, 0.1) is 0 Å². The molecule has 1 saturated heterocycles. The topological polar surface area (TPSA) is 96.7 Å². The van der Waals surface area contributed by atoms with Gasteiger partial charge in [-0.15, -0.1) is 0 Å². The number of rotatable bonds is 6. The highest BCUT2D eigenvalue weighted by atomic mass is 16.7. The first kappa shape index (κ1) is 14.6. The van der Waals surface area contributed by atoms with Crippen molar-refractivity contribution < 1.29 is 19.3 Å². The number of hydrogen-bond acceptors (Lipinski definition) is 5. The van der Waals surface area contributed by atoms with Gasteiger partial charge in [0.25, 0.3) is 0 Å². The first-order chi connectivity index (χ1) is 9.74. The molecule has 0 bridgehead atoms. The molecule has 0 saturated carbocycles. The van der Waals surface area contributed by atoms with Crippen LogP contribution in [0.25, 0.3) is 10.4 Å². The monoisotopic (exact) mass is 279 g/mol. The Kier molecular flexibility index (Phi) is 5.20. The van der Waals surface area contributed by atoms with E-state index >= 15 is 0 Å². The van der Waals surface area contributed by atoms with Crippen LogP contribution in [0.4, 0.5) is 0 Å². The summed E-state index contributed by atoms with van der Waals surface area (Å²) in [5, 5.41) is 13.4. The van der Waals surface area contributed by atoms with E-state index in [0.29, 0.717) is 12.2 Å². The van der Waals surface area contributed by atoms with Crippen LogP contribution in [0.5, 0.6) is 5.75 Å². The molecule has 1 aromatic carbocycles. The van der Waals surface area contributed by atoms with Crippen molar-refractivity contribution in [2.45, 2.75) is 31.0 Å². The van der Waals surface area contributed by atoms with Crippen LogP contribution in [0.15, 0.2) is 35.4 Å². The molecule has 108 valence electrons. The van der Waals surface area contributed by atoms with Gasteiger partial charge in [-0.3, -0.25) is 0 Å². The third-order valence-electron chi connectivity index (χ3n) is 3.12. The smallest absolute Gasteiger partial charge is 0.183 e. The molecule has 7 nitrogen and oxygen atoms in total. The fourth-order valence-electron chi connectivity index (χ4n) is 2.11. The van der Waals surface area contributed by atoms with Gasteiger partial charge in [-0.1, -0.05) is 23.3 Å². The zero-order valence-electron chi connectivity index (χ0n) is 11.1. The molecule has 0 radical (unpaired) electrons. The number of hydrogen-bond donors (Lipinski definition) is 1. The second-order valence-electron chi connectivity index (χ2n) is 4.48. The third kappa shape index (κ3) is 3.61. The Labute approximate surface area is 116 Å². The first-order valence-electron chi connectivity index (χ1n) is 6.33. The first-order valence-corrected chi connectivity index (χ1v) is 6.33. The maximum atomic E-state index is 9.74. The number of azide groups is 1. The average Bonchev–Trinajstić information content (AvgIpc) is 2.85. The van der Waals surface area contributed by atoms with Crippen LogP contribution in [-0.4, -0.2) is 43.4 Å².